The van der Waals surface area contributed by atoms with E-state index in [1.807, 2.05) is 39.8 Å². The predicted molar refractivity (Wildman–Crippen MR) is 90.3 cm³/mol. The molecule has 0 saturated carbocycles. The standard InChI is InChI=1S/C14H23O3PS2/c1-6-8-20-18(15,16-7-2)17-13-9-11(3)14(19-5)12(4)10-13/h9-10H,6-8H2,1-5H3. The molecule has 0 radical (unpaired) electrons. The summed E-state index contributed by atoms with van der Waals surface area (Å²) >= 11 is 2.98. The largest absolute Gasteiger partial charge is 0.440 e. The Bertz CT molecular complexity index is 468. The molecule has 0 aromatic heterocycles. The summed E-state index contributed by atoms with van der Waals surface area (Å²) in [6.45, 7) is 5.22. The minimum atomic E-state index is -3.11. The van der Waals surface area contributed by atoms with Gasteiger partial charge in [0.1, 0.15) is 5.75 Å². The molecule has 1 rings (SSSR count). The Kier molecular flexibility index (Phi) is 7.52. The van der Waals surface area contributed by atoms with E-state index in [1.165, 1.54) is 16.3 Å². The first kappa shape index (κ1) is 18.0. The van der Waals surface area contributed by atoms with Gasteiger partial charge in [0, 0.05) is 10.6 Å². The molecule has 0 aliphatic rings. The smallest absolute Gasteiger partial charge is 0.417 e. The molecule has 0 saturated heterocycles. The molecule has 0 aliphatic carbocycles. The van der Waals surface area contributed by atoms with E-state index in [0.29, 0.717) is 12.4 Å². The summed E-state index contributed by atoms with van der Waals surface area (Å²) in [6, 6.07) is 3.86. The molecule has 0 heterocycles. The molecule has 1 unspecified atom stereocenters. The first-order chi connectivity index (χ1) is 9.45. The fourth-order valence-electron chi connectivity index (χ4n) is 1.87. The molecule has 1 aromatic carbocycles. The number of rotatable bonds is 8. The third-order valence-electron chi connectivity index (χ3n) is 2.60. The summed E-state index contributed by atoms with van der Waals surface area (Å²) < 4.78 is 23.7. The second-order valence-electron chi connectivity index (χ2n) is 4.38. The number of hydrogen-bond donors (Lipinski definition) is 0. The zero-order chi connectivity index (χ0) is 15.2. The third-order valence-corrected chi connectivity index (χ3v) is 7.60. The lowest BCUT2D eigenvalue weighted by molar-refractivity contribution is 0.296. The van der Waals surface area contributed by atoms with Crippen LogP contribution < -0.4 is 4.52 Å². The molecule has 6 heteroatoms. The maximum Gasteiger partial charge on any atom is 0.440 e. The summed E-state index contributed by atoms with van der Waals surface area (Å²) in [5.74, 6) is 1.39. The zero-order valence-corrected chi connectivity index (χ0v) is 15.3. The highest BCUT2D eigenvalue weighted by molar-refractivity contribution is 8.55. The van der Waals surface area contributed by atoms with Crippen LogP contribution in [0, 0.1) is 13.8 Å². The molecule has 0 amide bonds. The second kappa shape index (κ2) is 8.38. The molecule has 3 nitrogen and oxygen atoms in total. The van der Waals surface area contributed by atoms with Gasteiger partial charge in [-0.25, -0.2) is 4.57 Å². The van der Waals surface area contributed by atoms with Gasteiger partial charge in [-0.15, -0.1) is 11.8 Å². The Morgan fingerprint density at radius 1 is 1.20 bits per heavy atom. The van der Waals surface area contributed by atoms with Crippen molar-refractivity contribution in [1.82, 2.24) is 0 Å². The molecular formula is C14H23O3PS2. The summed E-state index contributed by atoms with van der Waals surface area (Å²) in [6.07, 6.45) is 2.99. The Labute approximate surface area is 130 Å². The van der Waals surface area contributed by atoms with Crippen molar-refractivity contribution >= 4 is 29.9 Å². The lowest BCUT2D eigenvalue weighted by atomic mass is 10.1. The van der Waals surface area contributed by atoms with Crippen molar-refractivity contribution in [2.75, 3.05) is 18.6 Å². The van der Waals surface area contributed by atoms with E-state index in [1.54, 1.807) is 11.8 Å². The van der Waals surface area contributed by atoms with Crippen molar-refractivity contribution < 1.29 is 13.6 Å². The average molecular weight is 334 g/mol. The highest BCUT2D eigenvalue weighted by Gasteiger charge is 2.26. The maximum atomic E-state index is 12.6. The van der Waals surface area contributed by atoms with Gasteiger partial charge < -0.3 is 4.52 Å². The Hall–Kier alpha value is -0.0900. The zero-order valence-electron chi connectivity index (χ0n) is 12.8. The van der Waals surface area contributed by atoms with Crippen LogP contribution in [0.25, 0.3) is 0 Å². The van der Waals surface area contributed by atoms with E-state index in [-0.39, 0.29) is 0 Å². The first-order valence-electron chi connectivity index (χ1n) is 6.69. The van der Waals surface area contributed by atoms with E-state index in [0.717, 1.165) is 23.3 Å². The lowest BCUT2D eigenvalue weighted by Crippen LogP contribution is -1.97. The van der Waals surface area contributed by atoms with Crippen molar-refractivity contribution in [3.05, 3.63) is 23.3 Å². The molecule has 0 fully saturated rings. The fourth-order valence-corrected chi connectivity index (χ4v) is 6.07. The van der Waals surface area contributed by atoms with E-state index < -0.39 is 6.80 Å². The second-order valence-corrected chi connectivity index (χ2v) is 9.31. The average Bonchev–Trinajstić information content (AvgIpc) is 2.36. The van der Waals surface area contributed by atoms with Gasteiger partial charge in [0.15, 0.2) is 0 Å². The Balaban J connectivity index is 2.97. The van der Waals surface area contributed by atoms with Crippen molar-refractivity contribution in [2.24, 2.45) is 0 Å². The van der Waals surface area contributed by atoms with Crippen LogP contribution in [0.4, 0.5) is 0 Å². The molecule has 0 aliphatic heterocycles. The number of thioether (sulfide) groups is 1. The van der Waals surface area contributed by atoms with Crippen LogP contribution >= 0.6 is 29.9 Å². The van der Waals surface area contributed by atoms with E-state index >= 15 is 0 Å². The third kappa shape index (κ3) is 5.03. The highest BCUT2D eigenvalue weighted by atomic mass is 32.7. The van der Waals surface area contributed by atoms with E-state index in [9.17, 15) is 4.57 Å². The van der Waals surface area contributed by atoms with Gasteiger partial charge >= 0.3 is 6.80 Å². The molecule has 0 spiro atoms. The van der Waals surface area contributed by atoms with Gasteiger partial charge in [0.05, 0.1) is 6.61 Å². The summed E-state index contributed by atoms with van der Waals surface area (Å²) in [7, 11) is 0. The lowest BCUT2D eigenvalue weighted by Gasteiger charge is -2.19. The molecular weight excluding hydrogens is 311 g/mol. The SMILES string of the molecule is CCCSP(=O)(OCC)Oc1cc(C)c(SC)c(C)c1. The van der Waals surface area contributed by atoms with E-state index in [4.69, 9.17) is 9.05 Å². The predicted octanol–water partition coefficient (Wildman–Crippen LogP) is 5.69. The van der Waals surface area contributed by atoms with Crippen LogP contribution in [0.3, 0.4) is 0 Å². The topological polar surface area (TPSA) is 35.5 Å². The molecule has 0 N–H and O–H groups in total. The van der Waals surface area contributed by atoms with Gasteiger partial charge in [0.2, 0.25) is 0 Å². The van der Waals surface area contributed by atoms with Gasteiger partial charge in [-0.2, -0.15) is 0 Å². The van der Waals surface area contributed by atoms with Crippen LogP contribution in [-0.2, 0) is 9.09 Å². The number of hydrogen-bond acceptors (Lipinski definition) is 5. The first-order valence-corrected chi connectivity index (χ1v) is 11.1. The fraction of sp³-hybridized carbons (Fsp3) is 0.571. The monoisotopic (exact) mass is 334 g/mol. The Morgan fingerprint density at radius 2 is 1.80 bits per heavy atom. The normalized spacial score (nSPS) is 14.1. The van der Waals surface area contributed by atoms with Crippen molar-refractivity contribution in [3.8, 4) is 5.75 Å². The summed E-state index contributed by atoms with van der Waals surface area (Å²) in [5, 5.41) is 0. The molecule has 20 heavy (non-hydrogen) atoms. The minimum Gasteiger partial charge on any atom is -0.417 e. The van der Waals surface area contributed by atoms with Gasteiger partial charge in [-0.3, -0.25) is 4.52 Å². The van der Waals surface area contributed by atoms with Crippen LogP contribution in [0.15, 0.2) is 17.0 Å². The van der Waals surface area contributed by atoms with E-state index in [2.05, 4.69) is 6.26 Å². The number of aryl methyl sites for hydroxylation is 2. The van der Waals surface area contributed by atoms with Crippen LogP contribution in [0.1, 0.15) is 31.4 Å². The van der Waals surface area contributed by atoms with Gasteiger partial charge in [0.25, 0.3) is 0 Å². The highest BCUT2D eigenvalue weighted by Crippen LogP contribution is 2.60. The van der Waals surface area contributed by atoms with Crippen molar-refractivity contribution in [3.63, 3.8) is 0 Å². The Morgan fingerprint density at radius 3 is 2.25 bits per heavy atom. The molecule has 1 atom stereocenters. The molecule has 114 valence electrons. The molecule has 0 bridgehead atoms. The van der Waals surface area contributed by atoms with Crippen LogP contribution in [-0.4, -0.2) is 18.6 Å². The number of benzene rings is 1. The van der Waals surface area contributed by atoms with Gasteiger partial charge in [-0.1, -0.05) is 6.92 Å². The molecule has 1 aromatic rings. The minimum absolute atomic E-state index is 0.384. The quantitative estimate of drug-likeness (QED) is 0.450. The van der Waals surface area contributed by atoms with Crippen molar-refractivity contribution in [2.45, 2.75) is 39.0 Å². The summed E-state index contributed by atoms with van der Waals surface area (Å²) in [5.41, 5.74) is 2.27. The van der Waals surface area contributed by atoms with Crippen molar-refractivity contribution in [1.29, 1.82) is 0 Å². The summed E-state index contributed by atoms with van der Waals surface area (Å²) in [4.78, 5) is 1.24. The van der Waals surface area contributed by atoms with Gasteiger partial charge in [-0.05, 0) is 68.1 Å². The maximum absolute atomic E-state index is 12.6. The van der Waals surface area contributed by atoms with Crippen LogP contribution in [0.5, 0.6) is 5.75 Å². The van der Waals surface area contributed by atoms with Crippen LogP contribution in [0.2, 0.25) is 0 Å².